The summed E-state index contributed by atoms with van der Waals surface area (Å²) in [5, 5.41) is 2.93. The fourth-order valence-corrected chi connectivity index (χ4v) is 6.08. The number of carbonyl (C=O) groups excluding carboxylic acids is 2. The van der Waals surface area contributed by atoms with Crippen molar-refractivity contribution in [2.24, 2.45) is 5.92 Å². The Balaban J connectivity index is 2.09. The minimum absolute atomic E-state index is 0.0712. The first-order valence-electron chi connectivity index (χ1n) is 14.5. The molecule has 0 aliphatic heterocycles. The molecule has 0 spiro atoms. The molecule has 0 saturated carbocycles. The van der Waals surface area contributed by atoms with Gasteiger partial charge in [0, 0.05) is 19.2 Å². The van der Waals surface area contributed by atoms with Crippen molar-refractivity contribution < 1.29 is 32.2 Å². The van der Waals surface area contributed by atoms with E-state index in [1.54, 1.807) is 49.6 Å². The van der Waals surface area contributed by atoms with Crippen LogP contribution in [0.25, 0.3) is 0 Å². The second-order valence-corrected chi connectivity index (χ2v) is 12.7. The molecule has 0 radical (unpaired) electrons. The van der Waals surface area contributed by atoms with E-state index in [4.69, 9.17) is 14.2 Å². The Morgan fingerprint density at radius 2 is 1.57 bits per heavy atom. The number of anilines is 1. The quantitative estimate of drug-likeness (QED) is 0.258. The highest BCUT2D eigenvalue weighted by Gasteiger charge is 2.34. The van der Waals surface area contributed by atoms with Gasteiger partial charge in [-0.3, -0.25) is 13.9 Å². The number of hydrogen-bond acceptors (Lipinski definition) is 7. The Bertz CT molecular complexity index is 1520. The highest BCUT2D eigenvalue weighted by atomic mass is 32.2. The minimum atomic E-state index is -4.28. The zero-order valence-corrected chi connectivity index (χ0v) is 27.3. The van der Waals surface area contributed by atoms with Gasteiger partial charge in [0.25, 0.3) is 10.0 Å². The van der Waals surface area contributed by atoms with Gasteiger partial charge in [-0.25, -0.2) is 8.42 Å². The highest BCUT2D eigenvalue weighted by Crippen LogP contribution is 2.32. The molecule has 0 aromatic heterocycles. The number of ether oxygens (including phenoxy) is 3. The summed E-state index contributed by atoms with van der Waals surface area (Å²) < 4.78 is 45.5. The minimum Gasteiger partial charge on any atom is -0.497 e. The molecule has 3 rings (SSSR count). The monoisotopic (exact) mass is 625 g/mol. The third-order valence-electron chi connectivity index (χ3n) is 7.10. The predicted octanol–water partition coefficient (Wildman–Crippen LogP) is 4.80. The van der Waals surface area contributed by atoms with Gasteiger partial charge in [-0.05, 0) is 61.2 Å². The van der Waals surface area contributed by atoms with Gasteiger partial charge in [0.2, 0.25) is 11.8 Å². The number of aryl methyl sites for hydroxylation is 1. The lowest BCUT2D eigenvalue weighted by molar-refractivity contribution is -0.140. The van der Waals surface area contributed by atoms with Crippen LogP contribution in [0.5, 0.6) is 17.2 Å². The molecule has 0 unspecified atom stereocenters. The lowest BCUT2D eigenvalue weighted by Gasteiger charge is -2.33. The lowest BCUT2D eigenvalue weighted by atomic mass is 10.1. The zero-order valence-electron chi connectivity index (χ0n) is 26.5. The number of carbonyl (C=O) groups is 2. The first kappa shape index (κ1) is 34.2. The van der Waals surface area contributed by atoms with Crippen LogP contribution in [0.3, 0.4) is 0 Å². The van der Waals surface area contributed by atoms with E-state index in [0.717, 1.165) is 15.4 Å². The van der Waals surface area contributed by atoms with Crippen LogP contribution < -0.4 is 23.8 Å². The molecule has 0 aliphatic rings. The summed E-state index contributed by atoms with van der Waals surface area (Å²) in [6.45, 7) is 7.65. The third kappa shape index (κ3) is 8.43. The maximum atomic E-state index is 14.3. The number of benzene rings is 3. The largest absolute Gasteiger partial charge is 0.497 e. The summed E-state index contributed by atoms with van der Waals surface area (Å²) in [7, 11) is 0.147. The summed E-state index contributed by atoms with van der Waals surface area (Å²) >= 11 is 0. The van der Waals surface area contributed by atoms with Gasteiger partial charge >= 0.3 is 0 Å². The van der Waals surface area contributed by atoms with Crippen LogP contribution in [0.1, 0.15) is 38.3 Å². The molecule has 3 aromatic carbocycles. The number of amides is 2. The lowest BCUT2D eigenvalue weighted by Crippen LogP contribution is -2.52. The fourth-order valence-electron chi connectivity index (χ4n) is 4.65. The van der Waals surface area contributed by atoms with Crippen LogP contribution in [0, 0.1) is 12.8 Å². The average molecular weight is 626 g/mol. The predicted molar refractivity (Wildman–Crippen MR) is 171 cm³/mol. The molecule has 0 bridgehead atoms. The number of nitrogens with one attached hydrogen (secondary N) is 1. The van der Waals surface area contributed by atoms with Crippen LogP contribution in [0.2, 0.25) is 0 Å². The summed E-state index contributed by atoms with van der Waals surface area (Å²) in [5.41, 5.74) is 1.96. The number of sulfonamides is 1. The molecule has 10 nitrogen and oxygen atoms in total. The van der Waals surface area contributed by atoms with Gasteiger partial charge in [0.15, 0.2) is 11.5 Å². The van der Waals surface area contributed by atoms with Gasteiger partial charge in [0.05, 0.1) is 31.9 Å². The van der Waals surface area contributed by atoms with Crippen molar-refractivity contribution in [1.82, 2.24) is 10.2 Å². The molecular formula is C33H43N3O7S. The van der Waals surface area contributed by atoms with E-state index in [1.165, 1.54) is 37.3 Å². The van der Waals surface area contributed by atoms with E-state index in [1.807, 2.05) is 33.8 Å². The Morgan fingerprint density at radius 1 is 0.886 bits per heavy atom. The number of nitrogens with zero attached hydrogens (tertiary/aromatic N) is 2. The van der Waals surface area contributed by atoms with Crippen LogP contribution in [0.4, 0.5) is 5.69 Å². The Labute approximate surface area is 261 Å². The van der Waals surface area contributed by atoms with E-state index in [-0.39, 0.29) is 29.0 Å². The molecule has 238 valence electrons. The number of rotatable bonds is 15. The Kier molecular flexibility index (Phi) is 12.0. The molecule has 1 N–H and O–H groups in total. The summed E-state index contributed by atoms with van der Waals surface area (Å²) in [6.07, 6.45) is 0.326. The van der Waals surface area contributed by atoms with Crippen LogP contribution in [-0.2, 0) is 26.2 Å². The van der Waals surface area contributed by atoms with E-state index in [0.29, 0.717) is 30.2 Å². The second-order valence-electron chi connectivity index (χ2n) is 10.8. The standard InChI is InChI=1S/C33H43N3O7S/c1-8-29(33(38)34-20-23(2)3)35(21-25-10-9-11-27(18-25)41-5)32(37)22-36(26-14-12-24(4)13-15-26)44(39,40)28-16-17-30(42-6)31(19-28)43-7/h9-19,23,29H,8,20-22H2,1-7H3,(H,34,38)/t29-/m1/s1. The Morgan fingerprint density at radius 3 is 2.16 bits per heavy atom. The van der Waals surface area contributed by atoms with E-state index < -0.39 is 28.5 Å². The van der Waals surface area contributed by atoms with E-state index in [9.17, 15) is 18.0 Å². The van der Waals surface area contributed by atoms with Crippen molar-refractivity contribution in [1.29, 1.82) is 0 Å². The summed E-state index contributed by atoms with van der Waals surface area (Å²) in [5.74, 6) is 0.571. The molecule has 0 heterocycles. The van der Waals surface area contributed by atoms with Crippen LogP contribution in [0.15, 0.2) is 71.6 Å². The van der Waals surface area contributed by atoms with Crippen LogP contribution in [-0.4, -0.2) is 65.6 Å². The first-order chi connectivity index (χ1) is 20.9. The van der Waals surface area contributed by atoms with Gasteiger partial charge in [-0.1, -0.05) is 50.6 Å². The molecule has 0 fully saturated rings. The van der Waals surface area contributed by atoms with Gasteiger partial charge in [-0.2, -0.15) is 0 Å². The van der Waals surface area contributed by atoms with Crippen molar-refractivity contribution in [2.75, 3.05) is 38.7 Å². The van der Waals surface area contributed by atoms with Crippen LogP contribution >= 0.6 is 0 Å². The molecule has 1 atom stereocenters. The number of methoxy groups -OCH3 is 3. The summed E-state index contributed by atoms with van der Waals surface area (Å²) in [6, 6.07) is 17.5. The first-order valence-corrected chi connectivity index (χ1v) is 15.9. The fraction of sp³-hybridized carbons (Fsp3) is 0.394. The average Bonchev–Trinajstić information content (AvgIpc) is 3.02. The molecular weight excluding hydrogens is 582 g/mol. The normalized spacial score (nSPS) is 11.9. The van der Waals surface area contributed by atoms with Crippen molar-refractivity contribution >= 4 is 27.5 Å². The molecule has 2 amide bonds. The van der Waals surface area contributed by atoms with Crippen molar-refractivity contribution in [3.63, 3.8) is 0 Å². The van der Waals surface area contributed by atoms with E-state index in [2.05, 4.69) is 5.32 Å². The molecule has 44 heavy (non-hydrogen) atoms. The summed E-state index contributed by atoms with van der Waals surface area (Å²) in [4.78, 5) is 29.0. The van der Waals surface area contributed by atoms with Gasteiger partial charge < -0.3 is 24.4 Å². The van der Waals surface area contributed by atoms with Gasteiger partial charge in [-0.15, -0.1) is 0 Å². The number of hydrogen-bond donors (Lipinski definition) is 1. The second kappa shape index (κ2) is 15.5. The maximum absolute atomic E-state index is 14.3. The Hall–Kier alpha value is -4.25. The van der Waals surface area contributed by atoms with Crippen molar-refractivity contribution in [3.05, 3.63) is 77.9 Å². The maximum Gasteiger partial charge on any atom is 0.264 e. The molecule has 3 aromatic rings. The third-order valence-corrected chi connectivity index (χ3v) is 8.87. The topological polar surface area (TPSA) is 114 Å². The molecule has 0 aliphatic carbocycles. The van der Waals surface area contributed by atoms with Crippen molar-refractivity contribution in [3.8, 4) is 17.2 Å². The smallest absolute Gasteiger partial charge is 0.264 e. The van der Waals surface area contributed by atoms with Gasteiger partial charge in [0.1, 0.15) is 18.3 Å². The van der Waals surface area contributed by atoms with E-state index >= 15 is 0 Å². The molecule has 0 saturated heterocycles. The SMILES string of the molecule is CC[C@H](C(=O)NCC(C)C)N(Cc1cccc(OC)c1)C(=O)CN(c1ccc(C)cc1)S(=O)(=O)c1ccc(OC)c(OC)c1. The highest BCUT2D eigenvalue weighted by molar-refractivity contribution is 7.92. The van der Waals surface area contributed by atoms with Crippen molar-refractivity contribution in [2.45, 2.75) is 51.6 Å². The molecule has 11 heteroatoms. The zero-order chi connectivity index (χ0) is 32.4.